The number of ether oxygens (including phenoxy) is 1. The van der Waals surface area contributed by atoms with E-state index >= 15 is 0 Å². The van der Waals surface area contributed by atoms with E-state index in [-0.39, 0.29) is 23.8 Å². The van der Waals surface area contributed by atoms with E-state index in [0.717, 1.165) is 61.9 Å². The van der Waals surface area contributed by atoms with E-state index in [1.165, 1.54) is 5.56 Å². The number of anilines is 1. The second-order valence-corrected chi connectivity index (χ2v) is 9.28. The minimum absolute atomic E-state index is 0.00768. The second-order valence-electron chi connectivity index (χ2n) is 9.28. The number of carbonyl (C=O) groups excluding carboxylic acids is 1. The number of allylic oxidation sites excluding steroid dienone is 1. The normalized spacial score (nSPS) is 26.8. The molecule has 2 aliphatic carbocycles. The molecule has 33 heavy (non-hydrogen) atoms. The molecule has 2 aromatic heterocycles. The van der Waals surface area contributed by atoms with Gasteiger partial charge in [-0.2, -0.15) is 0 Å². The number of nitrogens with two attached hydrogens (primary N) is 1. The van der Waals surface area contributed by atoms with Crippen LogP contribution in [0.15, 0.2) is 48.7 Å². The number of aromatic amines is 1. The number of fused-ring (bicyclic) bond motifs is 3. The maximum Gasteiger partial charge on any atom is 0.223 e. The van der Waals surface area contributed by atoms with Crippen LogP contribution in [0.1, 0.15) is 12.0 Å². The van der Waals surface area contributed by atoms with E-state index in [4.69, 9.17) is 15.5 Å². The number of hydrogen-bond acceptors (Lipinski definition) is 6. The lowest BCUT2D eigenvalue weighted by Gasteiger charge is -2.27. The van der Waals surface area contributed by atoms with Gasteiger partial charge in [0.05, 0.1) is 24.8 Å². The number of H-pyrrole nitrogens is 1. The van der Waals surface area contributed by atoms with Gasteiger partial charge in [0.1, 0.15) is 11.3 Å². The second kappa shape index (κ2) is 8.28. The van der Waals surface area contributed by atoms with Gasteiger partial charge in [0.2, 0.25) is 5.91 Å². The Balaban J connectivity index is 1.28. The molecule has 0 radical (unpaired) electrons. The molecule has 0 unspecified atom stereocenters. The Morgan fingerprint density at radius 2 is 2.06 bits per heavy atom. The van der Waals surface area contributed by atoms with Gasteiger partial charge in [-0.15, -0.1) is 0 Å². The summed E-state index contributed by atoms with van der Waals surface area (Å²) >= 11 is 0. The predicted molar refractivity (Wildman–Crippen MR) is 126 cm³/mol. The molecule has 170 valence electrons. The molecule has 6 rings (SSSR count). The predicted octanol–water partition coefficient (Wildman–Crippen LogP) is 2.54. The third kappa shape index (κ3) is 3.79. The summed E-state index contributed by atoms with van der Waals surface area (Å²) in [6.45, 7) is 4.39. The number of benzene rings is 1. The Morgan fingerprint density at radius 1 is 1.21 bits per heavy atom. The van der Waals surface area contributed by atoms with Gasteiger partial charge in [-0.05, 0) is 36.0 Å². The number of morpholine rings is 1. The smallest absolute Gasteiger partial charge is 0.223 e. The maximum absolute atomic E-state index is 12.1. The summed E-state index contributed by atoms with van der Waals surface area (Å²) < 4.78 is 5.46. The van der Waals surface area contributed by atoms with Crippen LogP contribution in [0.3, 0.4) is 0 Å². The molecule has 3 aliphatic rings. The monoisotopic (exact) mass is 444 g/mol. The number of nitrogens with zero attached hydrogens (tertiary/aromatic N) is 3. The summed E-state index contributed by atoms with van der Waals surface area (Å²) in [6.07, 6.45) is 7.08. The third-order valence-corrected chi connectivity index (χ3v) is 7.21. The number of pyridine rings is 1. The topological polar surface area (TPSA) is 109 Å². The zero-order valence-corrected chi connectivity index (χ0v) is 18.4. The minimum Gasteiger partial charge on any atom is -0.379 e. The Labute approximate surface area is 192 Å². The van der Waals surface area contributed by atoms with Crippen molar-refractivity contribution in [2.75, 3.05) is 31.6 Å². The summed E-state index contributed by atoms with van der Waals surface area (Å²) in [5.74, 6) is 0.901. The fourth-order valence-electron chi connectivity index (χ4n) is 5.59. The summed E-state index contributed by atoms with van der Waals surface area (Å²) in [5.41, 5.74) is 10.4. The number of nitrogens with one attached hydrogen (secondary N) is 2. The van der Waals surface area contributed by atoms with Gasteiger partial charge in [-0.25, -0.2) is 9.97 Å². The Hall–Kier alpha value is -3.23. The van der Waals surface area contributed by atoms with E-state index in [1.807, 2.05) is 6.07 Å². The minimum atomic E-state index is -0.239. The molecule has 8 heteroatoms. The van der Waals surface area contributed by atoms with Crippen molar-refractivity contribution in [2.24, 2.45) is 23.5 Å². The number of imidazole rings is 1. The molecule has 1 amide bonds. The van der Waals surface area contributed by atoms with Gasteiger partial charge >= 0.3 is 0 Å². The highest BCUT2D eigenvalue weighted by Gasteiger charge is 2.47. The molecule has 1 saturated heterocycles. The van der Waals surface area contributed by atoms with Crippen LogP contribution < -0.4 is 11.1 Å². The van der Waals surface area contributed by atoms with Gasteiger partial charge in [0.15, 0.2) is 5.65 Å². The van der Waals surface area contributed by atoms with E-state index in [9.17, 15) is 4.79 Å². The largest absolute Gasteiger partial charge is 0.379 e. The molecule has 2 bridgehead atoms. The fraction of sp³-hybridized carbons (Fsp3) is 0.400. The number of amides is 1. The van der Waals surface area contributed by atoms with E-state index < -0.39 is 0 Å². The Morgan fingerprint density at radius 3 is 2.91 bits per heavy atom. The number of carbonyl (C=O) groups is 1. The first-order valence-electron chi connectivity index (χ1n) is 11.6. The van der Waals surface area contributed by atoms with Gasteiger partial charge in [-0.3, -0.25) is 9.69 Å². The molecule has 0 spiro atoms. The first-order chi connectivity index (χ1) is 16.2. The summed E-state index contributed by atoms with van der Waals surface area (Å²) in [4.78, 5) is 27.2. The lowest BCUT2D eigenvalue weighted by Crippen LogP contribution is -2.41. The number of primary amides is 1. The molecule has 3 heterocycles. The van der Waals surface area contributed by atoms with Crippen molar-refractivity contribution in [2.45, 2.75) is 19.0 Å². The molecule has 4 atom stereocenters. The molecule has 3 aromatic rings. The van der Waals surface area contributed by atoms with Gasteiger partial charge in [-0.1, -0.05) is 30.4 Å². The van der Waals surface area contributed by atoms with Crippen LogP contribution in [0.25, 0.3) is 22.6 Å². The van der Waals surface area contributed by atoms with Crippen LogP contribution in [0.2, 0.25) is 0 Å². The quantitative estimate of drug-likeness (QED) is 0.504. The molecule has 1 aliphatic heterocycles. The van der Waals surface area contributed by atoms with E-state index in [2.05, 4.69) is 56.6 Å². The van der Waals surface area contributed by atoms with E-state index in [1.54, 1.807) is 6.20 Å². The fourth-order valence-corrected chi connectivity index (χ4v) is 5.59. The molecular weight excluding hydrogens is 416 g/mol. The molecule has 1 aromatic carbocycles. The van der Waals surface area contributed by atoms with Crippen molar-refractivity contribution in [3.8, 4) is 11.4 Å². The highest BCUT2D eigenvalue weighted by Crippen LogP contribution is 2.45. The lowest BCUT2D eigenvalue weighted by molar-refractivity contribution is -0.122. The molecule has 8 nitrogen and oxygen atoms in total. The zero-order valence-electron chi connectivity index (χ0n) is 18.4. The van der Waals surface area contributed by atoms with Crippen LogP contribution in [-0.2, 0) is 16.1 Å². The first kappa shape index (κ1) is 20.4. The van der Waals surface area contributed by atoms with E-state index in [0.29, 0.717) is 11.6 Å². The van der Waals surface area contributed by atoms with Crippen LogP contribution in [0, 0.1) is 17.8 Å². The van der Waals surface area contributed by atoms with Crippen LogP contribution in [0.4, 0.5) is 5.69 Å². The molecule has 4 N–H and O–H groups in total. The summed E-state index contributed by atoms with van der Waals surface area (Å²) in [6, 6.07) is 10.4. The Bertz CT molecular complexity index is 1210. The molecular formula is C25H28N6O2. The molecule has 2 fully saturated rings. The van der Waals surface area contributed by atoms with Crippen LogP contribution in [0.5, 0.6) is 0 Å². The van der Waals surface area contributed by atoms with Crippen molar-refractivity contribution in [3.63, 3.8) is 0 Å². The van der Waals surface area contributed by atoms with Gasteiger partial charge < -0.3 is 20.8 Å². The van der Waals surface area contributed by atoms with Crippen molar-refractivity contribution >= 4 is 22.8 Å². The zero-order chi connectivity index (χ0) is 22.4. The average molecular weight is 445 g/mol. The van der Waals surface area contributed by atoms with Gasteiger partial charge in [0, 0.05) is 37.4 Å². The SMILES string of the molecule is NC(=O)[C@@H]1[C@H](Nc2ccnc3nc(-c4cccc(CN5CCOCC5)c4)[nH]c23)[C@@H]2C=C[C@@H]1C2. The third-order valence-electron chi connectivity index (χ3n) is 7.21. The summed E-state index contributed by atoms with van der Waals surface area (Å²) in [5, 5.41) is 3.60. The average Bonchev–Trinajstić information content (AvgIpc) is 3.55. The van der Waals surface area contributed by atoms with Gasteiger partial charge in [0.25, 0.3) is 0 Å². The van der Waals surface area contributed by atoms with Crippen molar-refractivity contribution in [3.05, 3.63) is 54.2 Å². The standard InChI is InChI=1S/C25H28N6O2/c26-23(32)20-16-4-5-17(13-16)21(20)28-19-6-7-27-25-22(19)29-24(30-25)18-3-1-2-15(12-18)14-31-8-10-33-11-9-31/h1-7,12,16-17,20-21H,8-11,13-14H2,(H2,26,32)(H2,27,28,29,30)/t16-,17-,20+,21-/m1/s1. The van der Waals surface area contributed by atoms with Crippen LogP contribution in [-0.4, -0.2) is 58.1 Å². The van der Waals surface area contributed by atoms with Crippen LogP contribution >= 0.6 is 0 Å². The molecule has 1 saturated carbocycles. The lowest BCUT2D eigenvalue weighted by atomic mass is 9.88. The number of rotatable bonds is 6. The highest BCUT2D eigenvalue weighted by molar-refractivity contribution is 5.88. The van der Waals surface area contributed by atoms with Crippen molar-refractivity contribution in [1.82, 2.24) is 19.9 Å². The number of aromatic nitrogens is 3. The highest BCUT2D eigenvalue weighted by atomic mass is 16.5. The number of hydrogen-bond donors (Lipinski definition) is 3. The summed E-state index contributed by atoms with van der Waals surface area (Å²) in [7, 11) is 0. The van der Waals surface area contributed by atoms with Crippen molar-refractivity contribution in [1.29, 1.82) is 0 Å². The first-order valence-corrected chi connectivity index (χ1v) is 11.6. The Kier molecular flexibility index (Phi) is 5.11. The maximum atomic E-state index is 12.1. The van der Waals surface area contributed by atoms with Crippen molar-refractivity contribution < 1.29 is 9.53 Å².